The highest BCUT2D eigenvalue weighted by atomic mass is 35.5. The maximum Gasteiger partial charge on any atom is 0.343 e. The molecular weight excluding hydrogens is 467 g/mol. The second-order valence-electron chi connectivity index (χ2n) is 6.10. The molecule has 162 valence electrons. The summed E-state index contributed by atoms with van der Waals surface area (Å²) in [6.07, 6.45) is 0. The zero-order valence-electron chi connectivity index (χ0n) is 15.7. The lowest BCUT2D eigenvalue weighted by Crippen LogP contribution is -2.11. The van der Waals surface area contributed by atoms with Gasteiger partial charge in [-0.3, -0.25) is 20.2 Å². The standard InChI is InChI=1S/C20H10Cl2N2O8/c21-15-9-16(22)18(32-20(26)12-3-7-14(8-4-12)24(29)30)10-17(15)31-19(25)11-1-5-13(6-2-11)23(27)28/h1-10H. The number of nitrogens with zero attached hydrogens (tertiary/aromatic N) is 2. The summed E-state index contributed by atoms with van der Waals surface area (Å²) in [7, 11) is 0. The van der Waals surface area contributed by atoms with Gasteiger partial charge in [0, 0.05) is 30.3 Å². The summed E-state index contributed by atoms with van der Waals surface area (Å²) < 4.78 is 10.4. The molecule has 0 saturated carbocycles. The Bertz CT molecular complexity index is 1130. The Morgan fingerprint density at radius 2 is 1.00 bits per heavy atom. The number of ether oxygens (including phenoxy) is 2. The monoisotopic (exact) mass is 476 g/mol. The summed E-state index contributed by atoms with van der Waals surface area (Å²) in [5.74, 6) is -2.08. The molecule has 0 radical (unpaired) electrons. The van der Waals surface area contributed by atoms with E-state index in [2.05, 4.69) is 0 Å². The first kappa shape index (κ1) is 22.7. The molecule has 0 bridgehead atoms. The molecule has 0 amide bonds. The number of nitro groups is 2. The molecule has 0 spiro atoms. The zero-order valence-corrected chi connectivity index (χ0v) is 17.2. The van der Waals surface area contributed by atoms with Crippen LogP contribution in [0.2, 0.25) is 10.0 Å². The van der Waals surface area contributed by atoms with Gasteiger partial charge < -0.3 is 9.47 Å². The van der Waals surface area contributed by atoms with Gasteiger partial charge in [-0.05, 0) is 30.3 Å². The van der Waals surface area contributed by atoms with E-state index < -0.39 is 21.8 Å². The number of non-ortho nitro benzene ring substituents is 2. The Morgan fingerprint density at radius 1 is 0.656 bits per heavy atom. The molecule has 3 aromatic carbocycles. The summed E-state index contributed by atoms with van der Waals surface area (Å²) in [4.78, 5) is 44.9. The first-order valence-corrected chi connectivity index (χ1v) is 9.33. The van der Waals surface area contributed by atoms with Crippen LogP contribution < -0.4 is 9.47 Å². The van der Waals surface area contributed by atoms with E-state index in [1.54, 1.807) is 0 Å². The summed E-state index contributed by atoms with van der Waals surface area (Å²) in [6.45, 7) is 0. The van der Waals surface area contributed by atoms with E-state index in [1.165, 1.54) is 30.3 Å². The molecule has 0 aliphatic heterocycles. The summed E-state index contributed by atoms with van der Waals surface area (Å²) in [5.41, 5.74) is -0.366. The van der Waals surface area contributed by atoms with Crippen molar-refractivity contribution in [2.45, 2.75) is 0 Å². The lowest BCUT2D eigenvalue weighted by atomic mass is 10.2. The molecule has 3 rings (SSSR count). The van der Waals surface area contributed by atoms with E-state index in [9.17, 15) is 29.8 Å². The van der Waals surface area contributed by atoms with Crippen LogP contribution >= 0.6 is 23.2 Å². The molecule has 32 heavy (non-hydrogen) atoms. The highest BCUT2D eigenvalue weighted by Crippen LogP contribution is 2.36. The van der Waals surface area contributed by atoms with Crippen molar-refractivity contribution >= 4 is 46.5 Å². The van der Waals surface area contributed by atoms with Crippen molar-refractivity contribution in [3.05, 3.63) is 102 Å². The Labute approximate surface area is 189 Å². The summed E-state index contributed by atoms with van der Waals surface area (Å²) >= 11 is 12.1. The van der Waals surface area contributed by atoms with E-state index in [4.69, 9.17) is 32.7 Å². The van der Waals surface area contributed by atoms with Crippen molar-refractivity contribution in [1.29, 1.82) is 0 Å². The fraction of sp³-hybridized carbons (Fsp3) is 0. The molecule has 0 aromatic heterocycles. The molecule has 0 aliphatic carbocycles. The van der Waals surface area contributed by atoms with Crippen LogP contribution in [0, 0.1) is 20.2 Å². The molecule has 12 heteroatoms. The molecule has 0 saturated heterocycles. The minimum Gasteiger partial charge on any atom is -0.421 e. The fourth-order valence-corrected chi connectivity index (χ4v) is 2.88. The van der Waals surface area contributed by atoms with E-state index in [0.29, 0.717) is 0 Å². The number of esters is 2. The van der Waals surface area contributed by atoms with Crippen molar-refractivity contribution in [3.8, 4) is 11.5 Å². The Balaban J connectivity index is 1.79. The maximum absolute atomic E-state index is 12.3. The molecule has 10 nitrogen and oxygen atoms in total. The van der Waals surface area contributed by atoms with E-state index in [-0.39, 0.29) is 44.0 Å². The van der Waals surface area contributed by atoms with Crippen LogP contribution in [0.15, 0.2) is 60.7 Å². The third kappa shape index (κ3) is 5.17. The van der Waals surface area contributed by atoms with Gasteiger partial charge in [0.25, 0.3) is 11.4 Å². The second-order valence-corrected chi connectivity index (χ2v) is 6.91. The van der Waals surface area contributed by atoms with Crippen LogP contribution in [-0.2, 0) is 0 Å². The zero-order chi connectivity index (χ0) is 23.4. The predicted octanol–water partition coefficient (Wildman–Crippen LogP) is 5.25. The molecule has 0 unspecified atom stereocenters. The number of rotatable bonds is 6. The van der Waals surface area contributed by atoms with E-state index in [1.807, 2.05) is 0 Å². The maximum atomic E-state index is 12.3. The van der Waals surface area contributed by atoms with Gasteiger partial charge in [0.2, 0.25) is 0 Å². The largest absolute Gasteiger partial charge is 0.421 e. The van der Waals surface area contributed by atoms with Crippen LogP contribution in [0.3, 0.4) is 0 Å². The summed E-state index contributed by atoms with van der Waals surface area (Å²) in [6, 6.07) is 11.7. The van der Waals surface area contributed by atoms with Gasteiger partial charge in [-0.15, -0.1) is 0 Å². The van der Waals surface area contributed by atoms with E-state index in [0.717, 1.165) is 30.3 Å². The molecule has 0 fully saturated rings. The van der Waals surface area contributed by atoms with Crippen molar-refractivity contribution in [3.63, 3.8) is 0 Å². The Kier molecular flexibility index (Phi) is 6.67. The second kappa shape index (κ2) is 9.41. The SMILES string of the molecule is O=C(Oc1cc(OC(=O)c2ccc([N+](=O)[O-])cc2)c(Cl)cc1Cl)c1ccc([N+](=O)[O-])cc1. The quantitative estimate of drug-likeness (QED) is 0.203. The number of hydrogen-bond donors (Lipinski definition) is 0. The lowest BCUT2D eigenvalue weighted by Gasteiger charge is -2.11. The van der Waals surface area contributed by atoms with Gasteiger partial charge in [0.1, 0.15) is 0 Å². The number of nitro benzene ring substituents is 2. The number of carbonyl (C=O) groups is 2. The van der Waals surface area contributed by atoms with E-state index >= 15 is 0 Å². The molecule has 0 heterocycles. The van der Waals surface area contributed by atoms with Crippen LogP contribution in [0.1, 0.15) is 20.7 Å². The van der Waals surface area contributed by atoms with Crippen LogP contribution in [0.4, 0.5) is 11.4 Å². The number of benzene rings is 3. The van der Waals surface area contributed by atoms with Crippen molar-refractivity contribution in [2.75, 3.05) is 0 Å². The highest BCUT2D eigenvalue weighted by Gasteiger charge is 2.19. The lowest BCUT2D eigenvalue weighted by molar-refractivity contribution is -0.385. The van der Waals surface area contributed by atoms with Crippen LogP contribution in [0.25, 0.3) is 0 Å². The van der Waals surface area contributed by atoms with Gasteiger partial charge >= 0.3 is 11.9 Å². The van der Waals surface area contributed by atoms with Crippen molar-refractivity contribution in [1.82, 2.24) is 0 Å². The molecule has 0 N–H and O–H groups in total. The third-order valence-corrected chi connectivity index (χ3v) is 4.61. The number of halogens is 2. The minimum absolute atomic E-state index is 0.0195. The molecular formula is C20H10Cl2N2O8. The highest BCUT2D eigenvalue weighted by molar-refractivity contribution is 6.36. The van der Waals surface area contributed by atoms with Gasteiger partial charge in [-0.2, -0.15) is 0 Å². The normalized spacial score (nSPS) is 10.3. The van der Waals surface area contributed by atoms with Gasteiger partial charge in [-0.25, -0.2) is 9.59 Å². The average molecular weight is 477 g/mol. The minimum atomic E-state index is -0.864. The average Bonchev–Trinajstić information content (AvgIpc) is 2.77. The van der Waals surface area contributed by atoms with Crippen LogP contribution in [0.5, 0.6) is 11.5 Å². The third-order valence-electron chi connectivity index (χ3n) is 4.02. The van der Waals surface area contributed by atoms with Crippen LogP contribution in [-0.4, -0.2) is 21.8 Å². The smallest absolute Gasteiger partial charge is 0.343 e. The number of carbonyl (C=O) groups excluding carboxylic acids is 2. The number of hydrogen-bond acceptors (Lipinski definition) is 8. The van der Waals surface area contributed by atoms with Gasteiger partial charge in [-0.1, -0.05) is 23.2 Å². The Morgan fingerprint density at radius 3 is 1.31 bits per heavy atom. The fourth-order valence-electron chi connectivity index (χ4n) is 2.42. The Hall–Kier alpha value is -4.02. The van der Waals surface area contributed by atoms with Crippen molar-refractivity contribution in [2.24, 2.45) is 0 Å². The molecule has 0 aliphatic rings. The first-order valence-electron chi connectivity index (χ1n) is 8.58. The summed E-state index contributed by atoms with van der Waals surface area (Å²) in [5, 5.41) is 21.3. The van der Waals surface area contributed by atoms with Gasteiger partial charge in [0.05, 0.1) is 31.0 Å². The molecule has 3 aromatic rings. The first-order chi connectivity index (χ1) is 15.2. The topological polar surface area (TPSA) is 139 Å². The molecule has 0 atom stereocenters. The predicted molar refractivity (Wildman–Crippen MR) is 113 cm³/mol. The van der Waals surface area contributed by atoms with Gasteiger partial charge in [0.15, 0.2) is 11.5 Å². The van der Waals surface area contributed by atoms with Crippen molar-refractivity contribution < 1.29 is 28.9 Å².